The number of anilines is 3. The Morgan fingerprint density at radius 1 is 1.00 bits per heavy atom. The quantitative estimate of drug-likeness (QED) is 0.576. The van der Waals surface area contributed by atoms with E-state index in [0.29, 0.717) is 0 Å². The van der Waals surface area contributed by atoms with Crippen LogP contribution in [0.3, 0.4) is 0 Å². The van der Waals surface area contributed by atoms with Crippen LogP contribution in [0.5, 0.6) is 0 Å². The van der Waals surface area contributed by atoms with Gasteiger partial charge in [-0.15, -0.1) is 11.3 Å². The van der Waals surface area contributed by atoms with Gasteiger partial charge >= 0.3 is 5.97 Å². The number of hydrogen-bond donors (Lipinski definition) is 1. The molecule has 2 heterocycles. The Bertz CT molecular complexity index is 1190. The minimum Gasteiger partial charge on any atom is -0.451 e. The fraction of sp³-hybridized carbons (Fsp3) is 0.100. The van der Waals surface area contributed by atoms with Crippen LogP contribution in [-0.4, -0.2) is 33.2 Å². The predicted octanol–water partition coefficient (Wildman–Crippen LogP) is 4.11. The number of para-hydroxylation sites is 2. The number of esters is 1. The van der Waals surface area contributed by atoms with Gasteiger partial charge in [-0.1, -0.05) is 36.0 Å². The van der Waals surface area contributed by atoms with Crippen molar-refractivity contribution >= 4 is 62.1 Å². The molecule has 154 valence electrons. The summed E-state index contributed by atoms with van der Waals surface area (Å²) in [6, 6.07) is 16.5. The van der Waals surface area contributed by atoms with E-state index >= 15 is 0 Å². The Balaban J connectivity index is 1.55. The molecule has 0 unspecified atom stereocenters. The van der Waals surface area contributed by atoms with Gasteiger partial charge in [0, 0.05) is 9.79 Å². The maximum atomic E-state index is 13.0. The number of amides is 1. The highest BCUT2D eigenvalue weighted by molar-refractivity contribution is 7.99. The van der Waals surface area contributed by atoms with Gasteiger partial charge in [0.2, 0.25) is 10.0 Å². The molecule has 0 saturated carbocycles. The fourth-order valence-corrected chi connectivity index (χ4v) is 5.41. The third-order valence-electron chi connectivity index (χ3n) is 4.15. The van der Waals surface area contributed by atoms with Gasteiger partial charge in [-0.05, 0) is 35.7 Å². The summed E-state index contributed by atoms with van der Waals surface area (Å²) in [6.07, 6.45) is 0.993. The van der Waals surface area contributed by atoms with Crippen molar-refractivity contribution < 1.29 is 22.7 Å². The van der Waals surface area contributed by atoms with Gasteiger partial charge in [0.25, 0.3) is 5.91 Å². The molecule has 2 aromatic carbocycles. The highest BCUT2D eigenvalue weighted by Gasteiger charge is 2.29. The first-order valence-electron chi connectivity index (χ1n) is 8.75. The number of benzene rings is 2. The molecule has 3 aromatic rings. The number of hydrogen-bond acceptors (Lipinski definition) is 7. The van der Waals surface area contributed by atoms with E-state index in [1.54, 1.807) is 22.0 Å². The number of rotatable bonds is 5. The monoisotopic (exact) mass is 460 g/mol. The molecule has 7 nitrogen and oxygen atoms in total. The fourth-order valence-electron chi connectivity index (χ4n) is 2.98. The first kappa shape index (κ1) is 20.5. The number of carbonyl (C=O) groups is 2. The summed E-state index contributed by atoms with van der Waals surface area (Å²) < 4.78 is 30.4. The van der Waals surface area contributed by atoms with Crippen molar-refractivity contribution in [3.8, 4) is 0 Å². The lowest BCUT2D eigenvalue weighted by Gasteiger charge is -2.30. The molecule has 1 aliphatic rings. The topological polar surface area (TPSA) is 92.8 Å². The number of nitrogens with zero attached hydrogens (tertiary/aromatic N) is 1. The van der Waals surface area contributed by atoms with Crippen molar-refractivity contribution in [2.75, 3.05) is 22.5 Å². The van der Waals surface area contributed by atoms with Crippen molar-refractivity contribution in [2.45, 2.75) is 9.79 Å². The first-order chi connectivity index (χ1) is 14.3. The zero-order chi connectivity index (χ0) is 21.3. The van der Waals surface area contributed by atoms with Crippen LogP contribution in [0.15, 0.2) is 69.8 Å². The number of carbonyl (C=O) groups excluding carboxylic acids is 2. The van der Waals surface area contributed by atoms with Gasteiger partial charge in [0.15, 0.2) is 6.61 Å². The average Bonchev–Trinajstić information content (AvgIpc) is 3.16. The van der Waals surface area contributed by atoms with E-state index in [-0.39, 0.29) is 10.6 Å². The molecule has 1 aliphatic heterocycles. The molecule has 30 heavy (non-hydrogen) atoms. The number of sulfonamides is 1. The van der Waals surface area contributed by atoms with E-state index in [0.717, 1.165) is 38.8 Å². The second-order valence-corrected chi connectivity index (χ2v) is 10.1. The van der Waals surface area contributed by atoms with Gasteiger partial charge in [0.05, 0.1) is 23.3 Å². The minimum atomic E-state index is -3.55. The molecular formula is C20H16N2O5S3. The number of ether oxygens (including phenoxy) is 1. The Morgan fingerprint density at radius 2 is 1.60 bits per heavy atom. The SMILES string of the molecule is CS(=O)(=O)Nc1ccsc1C(=O)OCC(=O)N1c2ccccc2Sc2ccccc21. The van der Waals surface area contributed by atoms with Crippen molar-refractivity contribution in [2.24, 2.45) is 0 Å². The van der Waals surface area contributed by atoms with E-state index < -0.39 is 28.5 Å². The largest absolute Gasteiger partial charge is 0.451 e. The van der Waals surface area contributed by atoms with E-state index in [4.69, 9.17) is 4.74 Å². The first-order valence-corrected chi connectivity index (χ1v) is 12.3. The number of thiophene rings is 1. The normalized spacial score (nSPS) is 12.6. The van der Waals surface area contributed by atoms with Crippen molar-refractivity contribution in [3.63, 3.8) is 0 Å². The molecule has 4 rings (SSSR count). The van der Waals surface area contributed by atoms with Gasteiger partial charge in [-0.3, -0.25) is 14.4 Å². The maximum Gasteiger partial charge on any atom is 0.351 e. The van der Waals surface area contributed by atoms with Gasteiger partial charge in [-0.2, -0.15) is 0 Å². The second-order valence-electron chi connectivity index (χ2n) is 6.38. The smallest absolute Gasteiger partial charge is 0.351 e. The zero-order valence-corrected chi connectivity index (χ0v) is 18.1. The number of nitrogens with one attached hydrogen (secondary N) is 1. The van der Waals surface area contributed by atoms with Crippen molar-refractivity contribution in [3.05, 3.63) is 64.9 Å². The Kier molecular flexibility index (Phi) is 5.54. The van der Waals surface area contributed by atoms with Crippen LogP contribution < -0.4 is 9.62 Å². The van der Waals surface area contributed by atoms with Crippen LogP contribution in [0, 0.1) is 0 Å². The van der Waals surface area contributed by atoms with Gasteiger partial charge in [0.1, 0.15) is 4.88 Å². The van der Waals surface area contributed by atoms with Crippen molar-refractivity contribution in [1.82, 2.24) is 0 Å². The lowest BCUT2D eigenvalue weighted by atomic mass is 10.2. The summed E-state index contributed by atoms with van der Waals surface area (Å²) in [6.45, 7) is -0.484. The molecule has 1 N–H and O–H groups in total. The Labute approximate surface area is 181 Å². The summed E-state index contributed by atoms with van der Waals surface area (Å²) in [5, 5.41) is 1.57. The van der Waals surface area contributed by atoms with Crippen LogP contribution in [-0.2, 0) is 19.6 Å². The van der Waals surface area contributed by atoms with Crippen LogP contribution >= 0.6 is 23.1 Å². The van der Waals surface area contributed by atoms with Crippen LogP contribution in [0.4, 0.5) is 17.1 Å². The molecule has 0 spiro atoms. The molecular weight excluding hydrogens is 444 g/mol. The summed E-state index contributed by atoms with van der Waals surface area (Å²) in [4.78, 5) is 29.0. The molecule has 0 saturated heterocycles. The summed E-state index contributed by atoms with van der Waals surface area (Å²) in [5.41, 5.74) is 1.57. The van der Waals surface area contributed by atoms with Crippen LogP contribution in [0.1, 0.15) is 9.67 Å². The predicted molar refractivity (Wildman–Crippen MR) is 117 cm³/mol. The molecule has 0 bridgehead atoms. The van der Waals surface area contributed by atoms with Gasteiger partial charge < -0.3 is 4.74 Å². The standard InChI is InChI=1S/C20H16N2O5S3/c1-30(25,26)21-13-10-11-28-19(13)20(24)27-12-18(23)22-14-6-2-4-8-16(14)29-17-9-5-3-7-15(17)22/h2-11,21H,12H2,1H3. The van der Waals surface area contributed by atoms with Gasteiger partial charge in [-0.25, -0.2) is 13.2 Å². The second kappa shape index (κ2) is 8.13. The Morgan fingerprint density at radius 3 is 2.20 bits per heavy atom. The molecule has 10 heteroatoms. The molecule has 0 aliphatic carbocycles. The number of fused-ring (bicyclic) bond motifs is 2. The van der Waals surface area contributed by atoms with Crippen LogP contribution in [0.25, 0.3) is 0 Å². The van der Waals surface area contributed by atoms with Crippen molar-refractivity contribution in [1.29, 1.82) is 0 Å². The lowest BCUT2D eigenvalue weighted by molar-refractivity contribution is -0.121. The van der Waals surface area contributed by atoms with Crippen LogP contribution in [0.2, 0.25) is 0 Å². The zero-order valence-electron chi connectivity index (χ0n) is 15.7. The molecule has 1 amide bonds. The average molecular weight is 461 g/mol. The summed E-state index contributed by atoms with van der Waals surface area (Å²) in [5.74, 6) is -1.17. The van der Waals surface area contributed by atoms with E-state index in [9.17, 15) is 18.0 Å². The van der Waals surface area contributed by atoms with E-state index in [2.05, 4.69) is 4.72 Å². The molecule has 0 radical (unpaired) electrons. The molecule has 1 aromatic heterocycles. The maximum absolute atomic E-state index is 13.0. The third kappa shape index (κ3) is 4.20. The Hall–Kier alpha value is -2.82. The minimum absolute atomic E-state index is 0.0863. The van der Waals surface area contributed by atoms with E-state index in [1.807, 2.05) is 48.5 Å². The lowest BCUT2D eigenvalue weighted by Crippen LogP contribution is -2.32. The molecule has 0 atom stereocenters. The third-order valence-corrected chi connectivity index (χ3v) is 6.77. The highest BCUT2D eigenvalue weighted by Crippen LogP contribution is 2.47. The summed E-state index contributed by atoms with van der Waals surface area (Å²) >= 11 is 2.60. The molecule has 0 fully saturated rings. The summed E-state index contributed by atoms with van der Waals surface area (Å²) in [7, 11) is -3.55. The van der Waals surface area contributed by atoms with E-state index in [1.165, 1.54) is 6.07 Å². The highest BCUT2D eigenvalue weighted by atomic mass is 32.2.